The maximum atomic E-state index is 11.6. The van der Waals surface area contributed by atoms with Crippen molar-refractivity contribution in [2.75, 3.05) is 52.4 Å². The number of benzene rings is 4. The Morgan fingerprint density at radius 3 is 1.49 bits per heavy atom. The number of piperazine rings is 2. The van der Waals surface area contributed by atoms with Crippen LogP contribution in [-0.4, -0.2) is 94.0 Å². The van der Waals surface area contributed by atoms with E-state index < -0.39 is 0 Å². The fourth-order valence-corrected chi connectivity index (χ4v) is 6.90. The van der Waals surface area contributed by atoms with Gasteiger partial charge in [0.25, 0.3) is 0 Å². The van der Waals surface area contributed by atoms with E-state index in [1.807, 2.05) is 40.1 Å². The predicted octanol–water partition coefficient (Wildman–Crippen LogP) is 7.74. The molecule has 0 aromatic heterocycles. The standard InChI is InChI=1S/C20H20Cl2N2O2.C20H21ClN2O2/c1-2-20(26)24-9-7-23(8-10-24)13-14-3-5-16(19(22)11-14)17-12-15(25)4-6-18(17)21;1-2-20(25)23-11-9-22(10-12-23)14-15-3-5-16(6-4-15)18-13-17(24)7-8-19(18)21/h2-6,11-12,25H,1,7-10,13H2;2-8,13,24H,1,9-12,14H2. The van der Waals surface area contributed by atoms with Gasteiger partial charge in [-0.1, -0.05) is 84.4 Å². The van der Waals surface area contributed by atoms with Crippen LogP contribution in [0, 0.1) is 0 Å². The number of amides is 2. The minimum atomic E-state index is -0.0139. The molecule has 2 N–H and O–H groups in total. The normalized spacial score (nSPS) is 15.1. The number of hydrogen-bond donors (Lipinski definition) is 2. The quantitative estimate of drug-likeness (QED) is 0.180. The Kier molecular flexibility index (Phi) is 13.2. The Labute approximate surface area is 314 Å². The molecule has 2 amide bonds. The van der Waals surface area contributed by atoms with Crippen LogP contribution in [0.3, 0.4) is 0 Å². The number of phenolic OH excluding ortho intramolecular Hbond substituents is 2. The number of nitrogens with zero attached hydrogens (tertiary/aromatic N) is 4. The number of aromatic hydroxyl groups is 2. The van der Waals surface area contributed by atoms with Crippen LogP contribution in [0.4, 0.5) is 0 Å². The minimum absolute atomic E-state index is 0.00648. The fourth-order valence-electron chi connectivity index (χ4n) is 6.15. The van der Waals surface area contributed by atoms with Gasteiger partial charge in [-0.25, -0.2) is 0 Å². The lowest BCUT2D eigenvalue weighted by Gasteiger charge is -2.34. The van der Waals surface area contributed by atoms with Crippen molar-refractivity contribution in [3.8, 4) is 33.8 Å². The molecule has 11 heteroatoms. The molecule has 8 nitrogen and oxygen atoms in total. The van der Waals surface area contributed by atoms with Gasteiger partial charge in [-0.3, -0.25) is 19.4 Å². The Hall–Kier alpha value is -4.31. The van der Waals surface area contributed by atoms with Crippen molar-refractivity contribution >= 4 is 46.6 Å². The second-order valence-corrected chi connectivity index (χ2v) is 13.7. The summed E-state index contributed by atoms with van der Waals surface area (Å²) in [5, 5.41) is 21.1. The molecule has 266 valence electrons. The zero-order valence-corrected chi connectivity index (χ0v) is 30.5. The molecule has 2 saturated heterocycles. The molecule has 2 aliphatic rings. The molecule has 4 aromatic carbocycles. The summed E-state index contributed by atoms with van der Waals surface area (Å²) in [4.78, 5) is 31.5. The largest absolute Gasteiger partial charge is 0.508 e. The van der Waals surface area contributed by atoms with Gasteiger partial charge in [-0.2, -0.15) is 0 Å². The van der Waals surface area contributed by atoms with Crippen LogP contribution in [0.2, 0.25) is 15.1 Å². The number of halogens is 3. The third-order valence-electron chi connectivity index (χ3n) is 9.02. The first kappa shape index (κ1) is 37.9. The van der Waals surface area contributed by atoms with Crippen LogP contribution in [0.1, 0.15) is 11.1 Å². The molecular weight excluding hydrogens is 707 g/mol. The molecule has 2 fully saturated rings. The number of rotatable bonds is 8. The molecule has 0 radical (unpaired) electrons. The van der Waals surface area contributed by atoms with Gasteiger partial charge in [-0.15, -0.1) is 0 Å². The first-order valence-electron chi connectivity index (χ1n) is 16.7. The van der Waals surface area contributed by atoms with Crippen molar-refractivity contribution in [3.63, 3.8) is 0 Å². The predicted molar refractivity (Wildman–Crippen MR) is 206 cm³/mol. The van der Waals surface area contributed by atoms with Gasteiger partial charge in [0.2, 0.25) is 11.8 Å². The number of phenols is 2. The first-order valence-corrected chi connectivity index (χ1v) is 17.8. The molecular formula is C40H41Cl3N4O4. The molecule has 2 aliphatic heterocycles. The van der Waals surface area contributed by atoms with E-state index in [0.717, 1.165) is 74.6 Å². The molecule has 4 aromatic rings. The van der Waals surface area contributed by atoms with Crippen LogP contribution >= 0.6 is 34.8 Å². The van der Waals surface area contributed by atoms with Crippen molar-refractivity contribution in [1.29, 1.82) is 0 Å². The SMILES string of the molecule is C=CC(=O)N1CCN(Cc2ccc(-c3cc(O)ccc3Cl)c(Cl)c2)CC1.C=CC(=O)N1CCN(Cc2ccc(-c3cc(O)ccc3Cl)cc2)CC1. The smallest absolute Gasteiger partial charge is 0.246 e. The van der Waals surface area contributed by atoms with Gasteiger partial charge in [0.1, 0.15) is 11.5 Å². The molecule has 0 atom stereocenters. The van der Waals surface area contributed by atoms with Crippen molar-refractivity contribution < 1.29 is 19.8 Å². The molecule has 2 heterocycles. The lowest BCUT2D eigenvalue weighted by Crippen LogP contribution is -2.47. The molecule has 0 spiro atoms. The summed E-state index contributed by atoms with van der Waals surface area (Å²) in [6.07, 6.45) is 2.74. The van der Waals surface area contributed by atoms with Crippen LogP contribution in [0.5, 0.6) is 11.5 Å². The summed E-state index contributed by atoms with van der Waals surface area (Å²) in [7, 11) is 0. The van der Waals surface area contributed by atoms with Crippen LogP contribution < -0.4 is 0 Å². The van der Waals surface area contributed by atoms with E-state index in [1.54, 1.807) is 36.4 Å². The average molecular weight is 748 g/mol. The third-order valence-corrected chi connectivity index (χ3v) is 9.99. The van der Waals surface area contributed by atoms with E-state index in [9.17, 15) is 19.8 Å². The lowest BCUT2D eigenvalue weighted by molar-refractivity contribution is -0.128. The van der Waals surface area contributed by atoms with E-state index in [0.29, 0.717) is 33.7 Å². The Balaban J connectivity index is 0.000000198. The molecule has 6 rings (SSSR count). The van der Waals surface area contributed by atoms with Gasteiger partial charge < -0.3 is 20.0 Å². The van der Waals surface area contributed by atoms with Crippen molar-refractivity contribution in [3.05, 3.63) is 130 Å². The summed E-state index contributed by atoms with van der Waals surface area (Å²) in [5.41, 5.74) is 5.61. The maximum absolute atomic E-state index is 11.6. The summed E-state index contributed by atoms with van der Waals surface area (Å²) < 4.78 is 0. The highest BCUT2D eigenvalue weighted by molar-refractivity contribution is 6.36. The zero-order valence-electron chi connectivity index (χ0n) is 28.3. The number of hydrogen-bond acceptors (Lipinski definition) is 6. The number of carbonyl (C=O) groups is 2. The van der Waals surface area contributed by atoms with Gasteiger partial charge in [0.15, 0.2) is 0 Å². The van der Waals surface area contributed by atoms with E-state index in [1.165, 1.54) is 17.7 Å². The van der Waals surface area contributed by atoms with Gasteiger partial charge >= 0.3 is 0 Å². The highest BCUT2D eigenvalue weighted by Gasteiger charge is 2.21. The molecule has 0 aliphatic carbocycles. The Morgan fingerprint density at radius 2 is 1.00 bits per heavy atom. The summed E-state index contributed by atoms with van der Waals surface area (Å²) in [6.45, 7) is 14.9. The topological polar surface area (TPSA) is 87.6 Å². The second kappa shape index (κ2) is 17.8. The molecule has 0 bridgehead atoms. The van der Waals surface area contributed by atoms with Crippen molar-refractivity contribution in [2.45, 2.75) is 13.1 Å². The van der Waals surface area contributed by atoms with Gasteiger partial charge in [-0.05, 0) is 71.3 Å². The van der Waals surface area contributed by atoms with Crippen molar-refractivity contribution in [2.24, 2.45) is 0 Å². The maximum Gasteiger partial charge on any atom is 0.246 e. The Morgan fingerprint density at radius 1 is 0.549 bits per heavy atom. The van der Waals surface area contributed by atoms with Gasteiger partial charge in [0.05, 0.1) is 0 Å². The van der Waals surface area contributed by atoms with Crippen molar-refractivity contribution in [1.82, 2.24) is 19.6 Å². The summed E-state index contributed by atoms with van der Waals surface area (Å²) >= 11 is 18.9. The monoisotopic (exact) mass is 746 g/mol. The summed E-state index contributed by atoms with van der Waals surface area (Å²) in [5.74, 6) is 0.346. The second-order valence-electron chi connectivity index (χ2n) is 12.5. The number of carbonyl (C=O) groups excluding carboxylic acids is 2. The minimum Gasteiger partial charge on any atom is -0.508 e. The highest BCUT2D eigenvalue weighted by atomic mass is 35.5. The lowest BCUT2D eigenvalue weighted by atomic mass is 10.0. The average Bonchev–Trinajstić information content (AvgIpc) is 3.14. The van der Waals surface area contributed by atoms with Crippen LogP contribution in [0.15, 0.2) is 104 Å². The molecule has 51 heavy (non-hydrogen) atoms. The Bertz CT molecular complexity index is 1870. The summed E-state index contributed by atoms with van der Waals surface area (Å²) in [6, 6.07) is 23.8. The molecule has 0 saturated carbocycles. The van der Waals surface area contributed by atoms with Crippen LogP contribution in [-0.2, 0) is 22.7 Å². The fraction of sp³-hybridized carbons (Fsp3) is 0.250. The van der Waals surface area contributed by atoms with Crippen LogP contribution in [0.25, 0.3) is 22.3 Å². The molecule has 0 unspecified atom stereocenters. The third kappa shape index (κ3) is 10.2. The van der Waals surface area contributed by atoms with E-state index in [-0.39, 0.29) is 23.3 Å². The van der Waals surface area contributed by atoms with E-state index in [2.05, 4.69) is 35.1 Å². The highest BCUT2D eigenvalue weighted by Crippen LogP contribution is 2.36. The van der Waals surface area contributed by atoms with Gasteiger partial charge in [0, 0.05) is 97.2 Å². The first-order chi connectivity index (χ1) is 24.5. The van der Waals surface area contributed by atoms with E-state index in [4.69, 9.17) is 34.8 Å². The zero-order chi connectivity index (χ0) is 36.5. The van der Waals surface area contributed by atoms with E-state index >= 15 is 0 Å².